The molecule has 1 amide bonds. The number of amides is 1. The van der Waals surface area contributed by atoms with Gasteiger partial charge in [0.2, 0.25) is 0 Å². The highest BCUT2D eigenvalue weighted by molar-refractivity contribution is 8.18. The van der Waals surface area contributed by atoms with Crippen LogP contribution in [0, 0.1) is 0 Å². The molecule has 4 rings (SSSR count). The molecule has 0 radical (unpaired) electrons. The van der Waals surface area contributed by atoms with Crippen LogP contribution in [0.2, 0.25) is 0 Å². The van der Waals surface area contributed by atoms with Gasteiger partial charge in [0.15, 0.2) is 5.17 Å². The minimum absolute atomic E-state index is 0.0304. The Morgan fingerprint density at radius 1 is 0.962 bits per heavy atom. The van der Waals surface area contributed by atoms with Gasteiger partial charge in [0, 0.05) is 25.1 Å². The van der Waals surface area contributed by atoms with E-state index < -0.39 is 0 Å². The number of carbonyl (C=O) groups excluding carboxylic acids is 1. The number of likely N-dealkylation sites (N-methyl/N-ethyl adjacent to an activating group) is 1. The van der Waals surface area contributed by atoms with E-state index in [1.807, 2.05) is 89.8 Å². The van der Waals surface area contributed by atoms with Crippen molar-refractivity contribution < 1.29 is 4.79 Å². The van der Waals surface area contributed by atoms with Crippen molar-refractivity contribution in [3.63, 3.8) is 0 Å². The Morgan fingerprint density at radius 3 is 2.38 bits per heavy atom. The van der Waals surface area contributed by atoms with Crippen LogP contribution in [0.4, 0.5) is 5.69 Å². The number of amidine groups is 1. The lowest BCUT2D eigenvalue weighted by Crippen LogP contribution is -2.23. The second-order valence-corrected chi connectivity index (χ2v) is 6.90. The molecule has 0 unspecified atom stereocenters. The summed E-state index contributed by atoms with van der Waals surface area (Å²) in [4.78, 5) is 19.4. The van der Waals surface area contributed by atoms with Gasteiger partial charge < -0.3 is 4.57 Å². The zero-order chi connectivity index (χ0) is 17.9. The predicted octanol–water partition coefficient (Wildman–Crippen LogP) is 4.71. The Labute approximate surface area is 156 Å². The summed E-state index contributed by atoms with van der Waals surface area (Å²) < 4.78 is 2.04. The van der Waals surface area contributed by atoms with Gasteiger partial charge in [-0.2, -0.15) is 0 Å². The van der Waals surface area contributed by atoms with Crippen molar-refractivity contribution in [3.05, 3.63) is 89.6 Å². The largest absolute Gasteiger partial charge is 0.323 e. The lowest BCUT2D eigenvalue weighted by atomic mass is 10.3. The van der Waals surface area contributed by atoms with E-state index in [-0.39, 0.29) is 5.91 Å². The third kappa shape index (κ3) is 3.34. The van der Waals surface area contributed by atoms with Crippen LogP contribution in [0.3, 0.4) is 0 Å². The molecule has 2 heterocycles. The molecule has 26 heavy (non-hydrogen) atoms. The summed E-state index contributed by atoms with van der Waals surface area (Å²) in [7, 11) is 1.76. The number of para-hydroxylation sites is 2. The maximum Gasteiger partial charge on any atom is 0.266 e. The van der Waals surface area contributed by atoms with Crippen LogP contribution in [0.1, 0.15) is 5.56 Å². The van der Waals surface area contributed by atoms with Gasteiger partial charge in [-0.3, -0.25) is 9.69 Å². The summed E-state index contributed by atoms with van der Waals surface area (Å²) in [5.41, 5.74) is 2.91. The molecule has 0 spiro atoms. The fourth-order valence-corrected chi connectivity index (χ4v) is 3.66. The number of hydrogen-bond donors (Lipinski definition) is 0. The summed E-state index contributed by atoms with van der Waals surface area (Å²) in [5.74, 6) is -0.0304. The first-order chi connectivity index (χ1) is 12.7. The number of nitrogens with zero attached hydrogens (tertiary/aromatic N) is 3. The molecule has 128 valence electrons. The highest BCUT2D eigenvalue weighted by Crippen LogP contribution is 2.33. The monoisotopic (exact) mass is 359 g/mol. The molecule has 0 atom stereocenters. The van der Waals surface area contributed by atoms with Crippen LogP contribution >= 0.6 is 11.8 Å². The molecule has 1 aromatic heterocycles. The molecule has 5 heteroatoms. The Bertz CT molecular complexity index is 990. The molecule has 3 aromatic rings. The topological polar surface area (TPSA) is 37.6 Å². The Balaban J connectivity index is 1.59. The molecular formula is C21H17N3OS. The van der Waals surface area contributed by atoms with E-state index in [1.165, 1.54) is 11.8 Å². The summed E-state index contributed by atoms with van der Waals surface area (Å²) in [6.07, 6.45) is 5.92. The van der Waals surface area contributed by atoms with Gasteiger partial charge in [0.1, 0.15) is 0 Å². The van der Waals surface area contributed by atoms with Gasteiger partial charge in [0.25, 0.3) is 5.91 Å². The number of thioether (sulfide) groups is 1. The van der Waals surface area contributed by atoms with E-state index in [0.717, 1.165) is 16.9 Å². The Morgan fingerprint density at radius 2 is 1.65 bits per heavy atom. The van der Waals surface area contributed by atoms with E-state index in [4.69, 9.17) is 0 Å². The normalized spacial score (nSPS) is 17.4. The molecule has 1 aliphatic heterocycles. The second kappa shape index (κ2) is 7.06. The van der Waals surface area contributed by atoms with Crippen LogP contribution in [-0.2, 0) is 4.79 Å². The zero-order valence-electron chi connectivity index (χ0n) is 14.2. The average molecular weight is 359 g/mol. The smallest absolute Gasteiger partial charge is 0.266 e. The van der Waals surface area contributed by atoms with Crippen molar-refractivity contribution in [2.75, 3.05) is 7.05 Å². The quantitative estimate of drug-likeness (QED) is 0.635. The molecule has 1 fully saturated rings. The van der Waals surface area contributed by atoms with Gasteiger partial charge in [-0.15, -0.1) is 0 Å². The molecule has 0 bridgehead atoms. The number of carbonyl (C=O) groups is 1. The summed E-state index contributed by atoms with van der Waals surface area (Å²) in [6, 6.07) is 21.8. The molecule has 4 nitrogen and oxygen atoms in total. The molecule has 0 aliphatic carbocycles. The third-order valence-corrected chi connectivity index (χ3v) is 5.11. The first-order valence-corrected chi connectivity index (χ1v) is 9.07. The number of hydrogen-bond acceptors (Lipinski definition) is 3. The van der Waals surface area contributed by atoms with Crippen LogP contribution in [0.5, 0.6) is 0 Å². The summed E-state index contributed by atoms with van der Waals surface area (Å²) >= 11 is 1.40. The number of rotatable bonds is 3. The fourth-order valence-electron chi connectivity index (χ4n) is 2.68. The zero-order valence-corrected chi connectivity index (χ0v) is 15.1. The van der Waals surface area contributed by atoms with E-state index in [2.05, 4.69) is 4.99 Å². The lowest BCUT2D eigenvalue weighted by molar-refractivity contribution is -0.121. The Hall–Kier alpha value is -3.05. The summed E-state index contributed by atoms with van der Waals surface area (Å²) in [6.45, 7) is 0. The molecular weight excluding hydrogens is 342 g/mol. The van der Waals surface area contributed by atoms with Crippen molar-refractivity contribution in [3.8, 4) is 5.69 Å². The van der Waals surface area contributed by atoms with Gasteiger partial charge in [-0.05, 0) is 53.7 Å². The van der Waals surface area contributed by atoms with Crippen molar-refractivity contribution in [1.82, 2.24) is 9.47 Å². The van der Waals surface area contributed by atoms with Gasteiger partial charge in [0.05, 0.1) is 10.6 Å². The molecule has 0 N–H and O–H groups in total. The third-order valence-electron chi connectivity index (χ3n) is 4.05. The molecule has 0 saturated carbocycles. The lowest BCUT2D eigenvalue weighted by Gasteiger charge is -2.06. The van der Waals surface area contributed by atoms with Crippen molar-refractivity contribution in [1.29, 1.82) is 0 Å². The first-order valence-electron chi connectivity index (χ1n) is 8.25. The SMILES string of the molecule is CN1C(=O)/C(=C\c2ccn(-c3ccccc3)c2)SC1=Nc1ccccc1. The second-order valence-electron chi connectivity index (χ2n) is 5.89. The maximum absolute atomic E-state index is 12.5. The van der Waals surface area contributed by atoms with E-state index >= 15 is 0 Å². The number of aliphatic imine (C=N–C) groups is 1. The van der Waals surface area contributed by atoms with Crippen LogP contribution in [0.15, 0.2) is 89.0 Å². The number of aromatic nitrogens is 1. The van der Waals surface area contributed by atoms with E-state index in [9.17, 15) is 4.79 Å². The van der Waals surface area contributed by atoms with E-state index in [1.54, 1.807) is 11.9 Å². The predicted molar refractivity (Wildman–Crippen MR) is 108 cm³/mol. The molecule has 2 aromatic carbocycles. The standard InChI is InChI=1S/C21H17N3OS/c1-23-20(25)19(26-21(23)22-17-8-4-2-5-9-17)14-16-12-13-24(15-16)18-10-6-3-7-11-18/h2-15H,1H3/b19-14+,22-21?. The van der Waals surface area contributed by atoms with Crippen LogP contribution in [0.25, 0.3) is 11.8 Å². The molecule has 1 saturated heterocycles. The highest BCUT2D eigenvalue weighted by atomic mass is 32.2. The minimum Gasteiger partial charge on any atom is -0.323 e. The van der Waals surface area contributed by atoms with Crippen LogP contribution in [-0.4, -0.2) is 27.6 Å². The van der Waals surface area contributed by atoms with Gasteiger partial charge >= 0.3 is 0 Å². The molecule has 1 aliphatic rings. The Kier molecular flexibility index (Phi) is 4.46. The fraction of sp³-hybridized carbons (Fsp3) is 0.0476. The van der Waals surface area contributed by atoms with E-state index in [0.29, 0.717) is 10.1 Å². The summed E-state index contributed by atoms with van der Waals surface area (Å²) in [5, 5.41) is 0.690. The van der Waals surface area contributed by atoms with Gasteiger partial charge in [-0.25, -0.2) is 4.99 Å². The van der Waals surface area contributed by atoms with Crippen molar-refractivity contribution in [2.45, 2.75) is 0 Å². The maximum atomic E-state index is 12.5. The number of benzene rings is 2. The minimum atomic E-state index is -0.0304. The van der Waals surface area contributed by atoms with Crippen molar-refractivity contribution in [2.24, 2.45) is 4.99 Å². The van der Waals surface area contributed by atoms with Crippen LogP contribution < -0.4 is 0 Å². The highest BCUT2D eigenvalue weighted by Gasteiger charge is 2.30. The first kappa shape index (κ1) is 16.4. The van der Waals surface area contributed by atoms with Crippen molar-refractivity contribution >= 4 is 34.6 Å². The average Bonchev–Trinajstić information content (AvgIpc) is 3.25. The van der Waals surface area contributed by atoms with Gasteiger partial charge in [-0.1, -0.05) is 36.4 Å².